The topological polar surface area (TPSA) is 102 Å². The van der Waals surface area contributed by atoms with Crippen molar-refractivity contribution >= 4 is 16.0 Å². The van der Waals surface area contributed by atoms with Crippen molar-refractivity contribution in [1.29, 1.82) is 0 Å². The zero-order chi connectivity index (χ0) is 21.2. The van der Waals surface area contributed by atoms with E-state index in [-0.39, 0.29) is 6.54 Å². The zero-order valence-corrected chi connectivity index (χ0v) is 17.5. The zero-order valence-electron chi connectivity index (χ0n) is 16.7. The van der Waals surface area contributed by atoms with Crippen molar-refractivity contribution in [3.05, 3.63) is 58.1 Å². The van der Waals surface area contributed by atoms with Crippen molar-refractivity contribution in [3.8, 4) is 5.75 Å². The van der Waals surface area contributed by atoms with Crippen LogP contribution in [-0.2, 0) is 26.0 Å². The first-order chi connectivity index (χ1) is 13.7. The van der Waals surface area contributed by atoms with Gasteiger partial charge in [-0.3, -0.25) is 0 Å². The number of sulfonamides is 1. The van der Waals surface area contributed by atoms with E-state index in [4.69, 9.17) is 14.6 Å². The van der Waals surface area contributed by atoms with E-state index in [1.807, 2.05) is 19.1 Å². The van der Waals surface area contributed by atoms with Crippen LogP contribution in [-0.4, -0.2) is 39.3 Å². The van der Waals surface area contributed by atoms with Crippen LogP contribution < -0.4 is 9.46 Å². The predicted octanol–water partition coefficient (Wildman–Crippen LogP) is 2.67. The molecule has 1 aliphatic rings. The quantitative estimate of drug-likeness (QED) is 0.715. The maximum absolute atomic E-state index is 12.9. The first-order valence-corrected chi connectivity index (χ1v) is 10.8. The second-order valence-electron chi connectivity index (χ2n) is 7.23. The smallest absolute Gasteiger partial charge is 0.341 e. The molecule has 0 aliphatic carbocycles. The first-order valence-electron chi connectivity index (χ1n) is 9.34. The molecule has 1 heterocycles. The second-order valence-corrected chi connectivity index (χ2v) is 8.94. The molecule has 3 rings (SSSR count). The highest BCUT2D eigenvalue weighted by molar-refractivity contribution is 7.89. The lowest BCUT2D eigenvalue weighted by Crippen LogP contribution is -2.32. The van der Waals surface area contributed by atoms with Gasteiger partial charge in [0.15, 0.2) is 6.61 Å². The van der Waals surface area contributed by atoms with Crippen LogP contribution in [0.15, 0.2) is 35.2 Å². The molecule has 1 aliphatic heterocycles. The minimum absolute atomic E-state index is 0.109. The minimum Gasteiger partial charge on any atom is -0.482 e. The van der Waals surface area contributed by atoms with E-state index in [0.717, 1.165) is 16.7 Å². The molecule has 0 amide bonds. The summed E-state index contributed by atoms with van der Waals surface area (Å²) >= 11 is 0. The van der Waals surface area contributed by atoms with Crippen LogP contribution in [0.5, 0.6) is 5.75 Å². The molecule has 2 aromatic carbocycles. The number of hydrogen-bond acceptors (Lipinski definition) is 5. The average molecular weight is 419 g/mol. The van der Waals surface area contributed by atoms with Crippen LogP contribution in [0.3, 0.4) is 0 Å². The van der Waals surface area contributed by atoms with E-state index < -0.39 is 28.7 Å². The second kappa shape index (κ2) is 8.52. The molecule has 29 heavy (non-hydrogen) atoms. The summed E-state index contributed by atoms with van der Waals surface area (Å²) in [6.45, 7) is 5.67. The largest absolute Gasteiger partial charge is 0.482 e. The van der Waals surface area contributed by atoms with Crippen LogP contribution in [0, 0.1) is 20.8 Å². The number of carboxylic acids is 1. The molecule has 0 saturated carbocycles. The molecule has 2 N–H and O–H groups in total. The Kier molecular flexibility index (Phi) is 6.26. The lowest BCUT2D eigenvalue weighted by Gasteiger charge is -2.27. The normalized spacial score (nSPS) is 16.3. The van der Waals surface area contributed by atoms with Crippen molar-refractivity contribution in [2.45, 2.75) is 38.2 Å². The van der Waals surface area contributed by atoms with Gasteiger partial charge in [-0.2, -0.15) is 0 Å². The monoisotopic (exact) mass is 419 g/mol. The summed E-state index contributed by atoms with van der Waals surface area (Å²) in [6, 6.07) is 8.97. The van der Waals surface area contributed by atoms with Gasteiger partial charge in [0.25, 0.3) is 0 Å². The van der Waals surface area contributed by atoms with Gasteiger partial charge in [-0.1, -0.05) is 23.8 Å². The van der Waals surface area contributed by atoms with Gasteiger partial charge in [0.2, 0.25) is 10.0 Å². The van der Waals surface area contributed by atoms with E-state index >= 15 is 0 Å². The van der Waals surface area contributed by atoms with Crippen LogP contribution in [0.2, 0.25) is 0 Å². The van der Waals surface area contributed by atoms with E-state index in [9.17, 15) is 13.2 Å². The van der Waals surface area contributed by atoms with Crippen molar-refractivity contribution < 1.29 is 27.8 Å². The van der Waals surface area contributed by atoms with Crippen LogP contribution in [0.25, 0.3) is 0 Å². The fourth-order valence-corrected chi connectivity index (χ4v) is 5.25. The molecule has 0 bridgehead atoms. The summed E-state index contributed by atoms with van der Waals surface area (Å²) in [7, 11) is -3.69. The SMILES string of the molecule is Cc1cc(C)c(S(=O)(=O)NCC2OCCc3cc(OCC(=O)O)ccc32)c(C)c1. The van der Waals surface area contributed by atoms with Gasteiger partial charge in [-0.05, 0) is 61.6 Å². The molecule has 7 nitrogen and oxygen atoms in total. The summed E-state index contributed by atoms with van der Waals surface area (Å²) in [5, 5.41) is 8.74. The summed E-state index contributed by atoms with van der Waals surface area (Å²) in [4.78, 5) is 11.0. The molecule has 0 aromatic heterocycles. The summed E-state index contributed by atoms with van der Waals surface area (Å²) in [5.41, 5.74) is 4.27. The Morgan fingerprint density at radius 1 is 1.21 bits per heavy atom. The van der Waals surface area contributed by atoms with E-state index in [1.165, 1.54) is 0 Å². The Bertz CT molecular complexity index is 1010. The van der Waals surface area contributed by atoms with Crippen molar-refractivity contribution in [3.63, 3.8) is 0 Å². The fraction of sp³-hybridized carbons (Fsp3) is 0.381. The Labute approximate surface area is 170 Å². The molecule has 0 saturated heterocycles. The third-order valence-electron chi connectivity index (χ3n) is 4.85. The molecule has 8 heteroatoms. The molecule has 156 valence electrons. The van der Waals surface area contributed by atoms with Gasteiger partial charge in [0, 0.05) is 6.54 Å². The van der Waals surface area contributed by atoms with E-state index in [2.05, 4.69) is 4.72 Å². The number of carboxylic acid groups (broad SMARTS) is 1. The molecule has 0 spiro atoms. The third-order valence-corrected chi connectivity index (χ3v) is 6.57. The molecule has 1 unspecified atom stereocenters. The van der Waals surface area contributed by atoms with Gasteiger partial charge in [0.1, 0.15) is 5.75 Å². The molecular formula is C21H25NO6S. The van der Waals surface area contributed by atoms with Gasteiger partial charge in [-0.15, -0.1) is 0 Å². The fourth-order valence-electron chi connectivity index (χ4n) is 3.77. The maximum atomic E-state index is 12.9. The van der Waals surface area contributed by atoms with Gasteiger partial charge >= 0.3 is 5.97 Å². The summed E-state index contributed by atoms with van der Waals surface area (Å²) < 4.78 is 39.5. The highest BCUT2D eigenvalue weighted by Gasteiger charge is 2.25. The van der Waals surface area contributed by atoms with Gasteiger partial charge < -0.3 is 14.6 Å². The number of ether oxygens (including phenoxy) is 2. The molecule has 2 aromatic rings. The lowest BCUT2D eigenvalue weighted by atomic mass is 9.97. The number of hydrogen-bond donors (Lipinski definition) is 2. The third kappa shape index (κ3) is 4.95. The lowest BCUT2D eigenvalue weighted by molar-refractivity contribution is -0.139. The Hall–Kier alpha value is -2.42. The molecule has 0 radical (unpaired) electrons. The number of aliphatic carboxylic acids is 1. The van der Waals surface area contributed by atoms with E-state index in [0.29, 0.717) is 34.8 Å². The average Bonchev–Trinajstić information content (AvgIpc) is 2.63. The van der Waals surface area contributed by atoms with Gasteiger partial charge in [0.05, 0.1) is 17.6 Å². The Morgan fingerprint density at radius 3 is 2.55 bits per heavy atom. The number of benzene rings is 2. The summed E-state index contributed by atoms with van der Waals surface area (Å²) in [6.07, 6.45) is 0.229. The highest BCUT2D eigenvalue weighted by Crippen LogP contribution is 2.30. The minimum atomic E-state index is -3.69. The van der Waals surface area contributed by atoms with E-state index in [1.54, 1.807) is 32.0 Å². The van der Waals surface area contributed by atoms with Crippen LogP contribution in [0.4, 0.5) is 0 Å². The number of carbonyl (C=O) groups is 1. The van der Waals surface area contributed by atoms with Crippen LogP contribution >= 0.6 is 0 Å². The number of aryl methyl sites for hydroxylation is 3. The summed E-state index contributed by atoms with van der Waals surface area (Å²) in [5.74, 6) is -0.571. The highest BCUT2D eigenvalue weighted by atomic mass is 32.2. The van der Waals surface area contributed by atoms with Crippen LogP contribution in [0.1, 0.15) is 33.9 Å². The standard InChI is InChI=1S/C21H25NO6S/c1-13-8-14(2)21(15(3)9-13)29(25,26)22-11-19-18-5-4-17(28-12-20(23)24)10-16(18)6-7-27-19/h4-5,8-10,19,22H,6-7,11-12H2,1-3H3,(H,23,24). The molecule has 1 atom stereocenters. The predicted molar refractivity (Wildman–Crippen MR) is 108 cm³/mol. The molecule has 0 fully saturated rings. The Balaban J connectivity index is 1.76. The van der Waals surface area contributed by atoms with Crippen molar-refractivity contribution in [2.75, 3.05) is 19.8 Å². The Morgan fingerprint density at radius 2 is 1.90 bits per heavy atom. The number of fused-ring (bicyclic) bond motifs is 1. The van der Waals surface area contributed by atoms with Crippen molar-refractivity contribution in [1.82, 2.24) is 4.72 Å². The maximum Gasteiger partial charge on any atom is 0.341 e. The van der Waals surface area contributed by atoms with Crippen molar-refractivity contribution in [2.24, 2.45) is 0 Å². The number of nitrogens with one attached hydrogen (secondary N) is 1. The first kappa shape index (κ1) is 21.3. The molecular weight excluding hydrogens is 394 g/mol. The van der Waals surface area contributed by atoms with Gasteiger partial charge in [-0.25, -0.2) is 17.9 Å². The number of rotatable bonds is 7.